The Morgan fingerprint density at radius 2 is 1.58 bits per heavy atom. The van der Waals surface area contributed by atoms with Crippen molar-refractivity contribution in [3.63, 3.8) is 0 Å². The molecule has 160 valence electrons. The molecular formula is C22H22N4O4S. The van der Waals surface area contributed by atoms with E-state index in [1.165, 1.54) is 0 Å². The van der Waals surface area contributed by atoms with Gasteiger partial charge in [-0.2, -0.15) is 0 Å². The smallest absolute Gasteiger partial charge is 0.261 e. The van der Waals surface area contributed by atoms with Gasteiger partial charge in [-0.15, -0.1) is 0 Å². The van der Waals surface area contributed by atoms with E-state index in [1.54, 1.807) is 24.3 Å². The molecule has 0 atom stereocenters. The number of rotatable bonds is 5. The summed E-state index contributed by atoms with van der Waals surface area (Å²) in [5, 5.41) is 5.72. The summed E-state index contributed by atoms with van der Waals surface area (Å²) in [6, 6.07) is 14.4. The number of benzene rings is 2. The van der Waals surface area contributed by atoms with Crippen molar-refractivity contribution in [1.82, 2.24) is 10.2 Å². The number of morpholine rings is 1. The number of imide groups is 1. The van der Waals surface area contributed by atoms with Crippen LogP contribution in [0.4, 0.5) is 11.4 Å². The minimum absolute atomic E-state index is 0.00492. The van der Waals surface area contributed by atoms with Crippen LogP contribution < -0.4 is 15.5 Å². The van der Waals surface area contributed by atoms with Crippen LogP contribution in [0, 0.1) is 0 Å². The topological polar surface area (TPSA) is 91.0 Å². The van der Waals surface area contributed by atoms with E-state index in [0.29, 0.717) is 11.1 Å². The van der Waals surface area contributed by atoms with Crippen LogP contribution in [-0.4, -0.2) is 60.6 Å². The SMILES string of the molecule is O=C(CCN1C(=O)c2ccccc2C1=O)NC(=S)Nc1ccc(N2CCOCC2)cc1. The van der Waals surface area contributed by atoms with Crippen LogP contribution in [0.25, 0.3) is 0 Å². The second-order valence-electron chi connectivity index (χ2n) is 7.21. The average Bonchev–Trinajstić information content (AvgIpc) is 3.03. The summed E-state index contributed by atoms with van der Waals surface area (Å²) in [7, 11) is 0. The van der Waals surface area contributed by atoms with E-state index in [4.69, 9.17) is 17.0 Å². The van der Waals surface area contributed by atoms with Gasteiger partial charge in [0, 0.05) is 37.4 Å². The molecular weight excluding hydrogens is 416 g/mol. The monoisotopic (exact) mass is 438 g/mol. The molecule has 8 nitrogen and oxygen atoms in total. The maximum absolute atomic E-state index is 12.3. The molecule has 0 saturated carbocycles. The van der Waals surface area contributed by atoms with Gasteiger partial charge in [-0.05, 0) is 48.6 Å². The fourth-order valence-corrected chi connectivity index (χ4v) is 3.82. The van der Waals surface area contributed by atoms with Crippen LogP contribution in [-0.2, 0) is 9.53 Å². The van der Waals surface area contributed by atoms with Gasteiger partial charge < -0.3 is 20.3 Å². The van der Waals surface area contributed by atoms with Crippen molar-refractivity contribution in [1.29, 1.82) is 0 Å². The molecule has 3 amide bonds. The lowest BCUT2D eigenvalue weighted by molar-refractivity contribution is -0.119. The Balaban J connectivity index is 1.25. The number of amides is 3. The van der Waals surface area contributed by atoms with Gasteiger partial charge in [-0.1, -0.05) is 12.1 Å². The van der Waals surface area contributed by atoms with Gasteiger partial charge in [0.15, 0.2) is 5.11 Å². The first-order chi connectivity index (χ1) is 15.0. The van der Waals surface area contributed by atoms with E-state index in [2.05, 4.69) is 15.5 Å². The summed E-state index contributed by atoms with van der Waals surface area (Å²) in [6.07, 6.45) is -0.0384. The van der Waals surface area contributed by atoms with E-state index in [-0.39, 0.29) is 35.8 Å². The summed E-state index contributed by atoms with van der Waals surface area (Å²) >= 11 is 5.20. The molecule has 0 spiro atoms. The largest absolute Gasteiger partial charge is 0.378 e. The Morgan fingerprint density at radius 1 is 0.968 bits per heavy atom. The summed E-state index contributed by atoms with van der Waals surface area (Å²) in [4.78, 5) is 40.3. The number of ether oxygens (including phenoxy) is 1. The number of carbonyl (C=O) groups excluding carboxylic acids is 3. The zero-order valence-corrected chi connectivity index (χ0v) is 17.6. The highest BCUT2D eigenvalue weighted by atomic mass is 32.1. The Bertz CT molecular complexity index is 983. The van der Waals surface area contributed by atoms with Crippen molar-refractivity contribution < 1.29 is 19.1 Å². The number of anilines is 2. The van der Waals surface area contributed by atoms with Crippen LogP contribution in [0.5, 0.6) is 0 Å². The van der Waals surface area contributed by atoms with Crippen molar-refractivity contribution in [2.24, 2.45) is 0 Å². The van der Waals surface area contributed by atoms with Gasteiger partial charge in [0.1, 0.15) is 0 Å². The fourth-order valence-electron chi connectivity index (χ4n) is 3.58. The van der Waals surface area contributed by atoms with Gasteiger partial charge in [0.2, 0.25) is 5.91 Å². The molecule has 2 heterocycles. The Hall–Kier alpha value is -3.30. The highest BCUT2D eigenvalue weighted by molar-refractivity contribution is 7.80. The zero-order chi connectivity index (χ0) is 21.8. The first-order valence-electron chi connectivity index (χ1n) is 10.0. The maximum Gasteiger partial charge on any atom is 0.261 e. The first kappa shape index (κ1) is 21.0. The van der Waals surface area contributed by atoms with Crippen LogP contribution >= 0.6 is 12.2 Å². The summed E-state index contributed by atoms with van der Waals surface area (Å²) in [5.74, 6) is -1.14. The average molecular weight is 439 g/mol. The van der Waals surface area contributed by atoms with Gasteiger partial charge in [0.25, 0.3) is 11.8 Å². The minimum atomic E-state index is -0.380. The van der Waals surface area contributed by atoms with Crippen LogP contribution in [0.2, 0.25) is 0 Å². The van der Waals surface area contributed by atoms with Crippen LogP contribution in [0.15, 0.2) is 48.5 Å². The molecule has 2 aromatic rings. The molecule has 2 N–H and O–H groups in total. The number of fused-ring (bicyclic) bond motifs is 1. The molecule has 9 heteroatoms. The minimum Gasteiger partial charge on any atom is -0.378 e. The Morgan fingerprint density at radius 3 is 2.19 bits per heavy atom. The number of hydrogen-bond acceptors (Lipinski definition) is 6. The Labute approximate surface area is 185 Å². The fraction of sp³-hybridized carbons (Fsp3) is 0.273. The molecule has 0 aromatic heterocycles. The maximum atomic E-state index is 12.3. The van der Waals surface area contributed by atoms with Crippen LogP contribution in [0.1, 0.15) is 27.1 Å². The first-order valence-corrected chi connectivity index (χ1v) is 10.4. The second kappa shape index (κ2) is 9.23. The number of nitrogens with one attached hydrogen (secondary N) is 2. The number of hydrogen-bond donors (Lipinski definition) is 2. The lowest BCUT2D eigenvalue weighted by atomic mass is 10.1. The van der Waals surface area contributed by atoms with E-state index >= 15 is 0 Å². The lowest BCUT2D eigenvalue weighted by Gasteiger charge is -2.28. The van der Waals surface area contributed by atoms with E-state index in [9.17, 15) is 14.4 Å². The Kier molecular flexibility index (Phi) is 6.24. The molecule has 1 fully saturated rings. The van der Waals surface area contributed by atoms with E-state index in [1.807, 2.05) is 24.3 Å². The van der Waals surface area contributed by atoms with Crippen molar-refractivity contribution in [2.75, 3.05) is 43.1 Å². The number of thiocarbonyl (C=S) groups is 1. The van der Waals surface area contributed by atoms with E-state index in [0.717, 1.165) is 42.6 Å². The van der Waals surface area contributed by atoms with E-state index < -0.39 is 0 Å². The third-order valence-electron chi connectivity index (χ3n) is 5.20. The van der Waals surface area contributed by atoms with Gasteiger partial charge in [0.05, 0.1) is 24.3 Å². The predicted molar refractivity (Wildman–Crippen MR) is 120 cm³/mol. The molecule has 2 aliphatic rings. The molecule has 0 radical (unpaired) electrons. The highest BCUT2D eigenvalue weighted by Crippen LogP contribution is 2.22. The van der Waals surface area contributed by atoms with Crippen molar-refractivity contribution in [2.45, 2.75) is 6.42 Å². The molecule has 2 aromatic carbocycles. The van der Waals surface area contributed by atoms with Crippen molar-refractivity contribution >= 4 is 46.4 Å². The van der Waals surface area contributed by atoms with Gasteiger partial charge in [-0.3, -0.25) is 19.3 Å². The normalized spacial score (nSPS) is 15.6. The van der Waals surface area contributed by atoms with Gasteiger partial charge in [-0.25, -0.2) is 0 Å². The zero-order valence-electron chi connectivity index (χ0n) is 16.8. The molecule has 0 aliphatic carbocycles. The summed E-state index contributed by atoms with van der Waals surface area (Å²) in [5.41, 5.74) is 2.59. The number of carbonyl (C=O) groups is 3. The summed E-state index contributed by atoms with van der Waals surface area (Å²) < 4.78 is 5.36. The molecule has 0 bridgehead atoms. The number of nitrogens with zero attached hydrogens (tertiary/aromatic N) is 2. The van der Waals surface area contributed by atoms with Crippen LogP contribution in [0.3, 0.4) is 0 Å². The molecule has 1 saturated heterocycles. The second-order valence-corrected chi connectivity index (χ2v) is 7.61. The molecule has 31 heavy (non-hydrogen) atoms. The molecule has 2 aliphatic heterocycles. The standard InChI is InChI=1S/C22H22N4O4S/c27-19(9-10-26-20(28)17-3-1-2-4-18(17)21(26)29)24-22(31)23-15-5-7-16(8-6-15)25-11-13-30-14-12-25/h1-8H,9-14H2,(H2,23,24,27,31). The van der Waals surface area contributed by atoms with Crippen molar-refractivity contribution in [3.05, 3.63) is 59.7 Å². The quantitative estimate of drug-likeness (QED) is 0.545. The third-order valence-corrected chi connectivity index (χ3v) is 5.40. The predicted octanol–water partition coefficient (Wildman–Crippen LogP) is 2.02. The van der Waals surface area contributed by atoms with Crippen molar-refractivity contribution in [3.8, 4) is 0 Å². The lowest BCUT2D eigenvalue weighted by Crippen LogP contribution is -2.38. The van der Waals surface area contributed by atoms with Gasteiger partial charge >= 0.3 is 0 Å². The highest BCUT2D eigenvalue weighted by Gasteiger charge is 2.34. The molecule has 4 rings (SSSR count). The molecule has 0 unspecified atom stereocenters. The third kappa shape index (κ3) is 4.73. The summed E-state index contributed by atoms with van der Waals surface area (Å²) in [6.45, 7) is 3.14.